The number of hydrogen-bond acceptors (Lipinski definition) is 3. The third-order valence-corrected chi connectivity index (χ3v) is 4.04. The molecule has 1 aliphatic carbocycles. The van der Waals surface area contributed by atoms with E-state index in [1.54, 1.807) is 14.2 Å². The molecule has 1 saturated carbocycles. The lowest BCUT2D eigenvalue weighted by molar-refractivity contribution is 0.0698. The maximum absolute atomic E-state index is 6.05. The summed E-state index contributed by atoms with van der Waals surface area (Å²) in [4.78, 5) is 4.27. The molecule has 6 heteroatoms. The van der Waals surface area contributed by atoms with Crippen LogP contribution in [0.25, 0.3) is 0 Å². The average Bonchev–Trinajstić information content (AvgIpc) is 3.32. The standard InChI is InChI=1S/C17H26ClN3O2/c1-19-17(20-7-4-8-23-10-9-22-2)21-16-12-15(16)13-5-3-6-14(18)11-13/h3,5-6,11,15-16H,4,7-10,12H2,1-2H3,(H2,19,20,21). The highest BCUT2D eigenvalue weighted by atomic mass is 35.5. The van der Waals surface area contributed by atoms with E-state index >= 15 is 0 Å². The molecule has 1 fully saturated rings. The largest absolute Gasteiger partial charge is 0.382 e. The molecule has 0 bridgehead atoms. The average molecular weight is 340 g/mol. The number of benzene rings is 1. The van der Waals surface area contributed by atoms with E-state index in [1.807, 2.05) is 18.2 Å². The van der Waals surface area contributed by atoms with Crippen LogP contribution in [0.4, 0.5) is 0 Å². The molecule has 0 radical (unpaired) electrons. The Hall–Kier alpha value is -1.30. The zero-order valence-corrected chi connectivity index (χ0v) is 14.6. The Labute approximate surface area is 143 Å². The molecule has 0 saturated heterocycles. The van der Waals surface area contributed by atoms with E-state index in [1.165, 1.54) is 5.56 Å². The topological polar surface area (TPSA) is 54.9 Å². The summed E-state index contributed by atoms with van der Waals surface area (Å²) in [5.41, 5.74) is 1.29. The van der Waals surface area contributed by atoms with Crippen LogP contribution in [0.2, 0.25) is 5.02 Å². The fraction of sp³-hybridized carbons (Fsp3) is 0.588. The number of ether oxygens (including phenoxy) is 2. The summed E-state index contributed by atoms with van der Waals surface area (Å²) < 4.78 is 10.4. The van der Waals surface area contributed by atoms with E-state index in [9.17, 15) is 0 Å². The highest BCUT2D eigenvalue weighted by Gasteiger charge is 2.39. The zero-order chi connectivity index (χ0) is 16.5. The van der Waals surface area contributed by atoms with Crippen molar-refractivity contribution in [3.8, 4) is 0 Å². The Morgan fingerprint density at radius 1 is 1.35 bits per heavy atom. The number of nitrogens with one attached hydrogen (secondary N) is 2. The second-order valence-electron chi connectivity index (χ2n) is 5.61. The number of halogens is 1. The summed E-state index contributed by atoms with van der Waals surface area (Å²) in [6.07, 6.45) is 2.05. The maximum Gasteiger partial charge on any atom is 0.191 e. The summed E-state index contributed by atoms with van der Waals surface area (Å²) in [6.45, 7) is 2.85. The van der Waals surface area contributed by atoms with Gasteiger partial charge in [-0.3, -0.25) is 4.99 Å². The molecule has 2 unspecified atom stereocenters. The predicted octanol–water partition coefficient (Wildman–Crippen LogP) is 2.41. The van der Waals surface area contributed by atoms with Gasteiger partial charge in [0, 0.05) is 44.3 Å². The third kappa shape index (κ3) is 6.37. The Morgan fingerprint density at radius 3 is 2.96 bits per heavy atom. The van der Waals surface area contributed by atoms with Crippen molar-refractivity contribution in [2.45, 2.75) is 24.8 Å². The lowest BCUT2D eigenvalue weighted by atomic mass is 10.1. The van der Waals surface area contributed by atoms with Gasteiger partial charge in [-0.15, -0.1) is 0 Å². The molecule has 2 rings (SSSR count). The Morgan fingerprint density at radius 2 is 2.22 bits per heavy atom. The molecule has 0 heterocycles. The summed E-state index contributed by atoms with van der Waals surface area (Å²) >= 11 is 6.05. The van der Waals surface area contributed by atoms with Gasteiger partial charge in [-0.2, -0.15) is 0 Å². The minimum atomic E-state index is 0.428. The van der Waals surface area contributed by atoms with Crippen LogP contribution in [0, 0.1) is 0 Å². The summed E-state index contributed by atoms with van der Waals surface area (Å²) in [7, 11) is 3.47. The third-order valence-electron chi connectivity index (χ3n) is 3.80. The van der Waals surface area contributed by atoms with Crippen molar-refractivity contribution in [1.82, 2.24) is 10.6 Å². The molecule has 0 amide bonds. The second kappa shape index (κ2) is 9.75. The van der Waals surface area contributed by atoms with Crippen molar-refractivity contribution < 1.29 is 9.47 Å². The van der Waals surface area contributed by atoms with Crippen LogP contribution in [0.1, 0.15) is 24.3 Å². The van der Waals surface area contributed by atoms with E-state index in [-0.39, 0.29) is 0 Å². The first kappa shape index (κ1) is 18.0. The van der Waals surface area contributed by atoms with Gasteiger partial charge >= 0.3 is 0 Å². The van der Waals surface area contributed by atoms with Crippen LogP contribution >= 0.6 is 11.6 Å². The van der Waals surface area contributed by atoms with Gasteiger partial charge in [0.15, 0.2) is 5.96 Å². The zero-order valence-electron chi connectivity index (χ0n) is 13.8. The summed E-state index contributed by atoms with van der Waals surface area (Å²) in [5.74, 6) is 1.36. The molecule has 23 heavy (non-hydrogen) atoms. The van der Waals surface area contributed by atoms with Crippen LogP contribution < -0.4 is 10.6 Å². The molecular formula is C17H26ClN3O2. The highest BCUT2D eigenvalue weighted by molar-refractivity contribution is 6.30. The Kier molecular flexibility index (Phi) is 7.65. The van der Waals surface area contributed by atoms with Gasteiger partial charge < -0.3 is 20.1 Å². The number of nitrogens with zero attached hydrogens (tertiary/aromatic N) is 1. The summed E-state index contributed by atoms with van der Waals surface area (Å²) in [5, 5.41) is 7.57. The van der Waals surface area contributed by atoms with Gasteiger partial charge in [0.1, 0.15) is 0 Å². The molecule has 0 aliphatic heterocycles. The lowest BCUT2D eigenvalue weighted by Crippen LogP contribution is -2.39. The number of guanidine groups is 1. The second-order valence-corrected chi connectivity index (χ2v) is 6.04. The monoisotopic (exact) mass is 339 g/mol. The van der Waals surface area contributed by atoms with Crippen molar-refractivity contribution in [2.75, 3.05) is 40.5 Å². The lowest BCUT2D eigenvalue weighted by Gasteiger charge is -2.12. The molecule has 2 atom stereocenters. The van der Waals surface area contributed by atoms with Crippen molar-refractivity contribution in [1.29, 1.82) is 0 Å². The first-order valence-corrected chi connectivity index (χ1v) is 8.41. The Balaban J connectivity index is 1.63. The van der Waals surface area contributed by atoms with Gasteiger partial charge in [0.25, 0.3) is 0 Å². The molecule has 0 aromatic heterocycles. The van der Waals surface area contributed by atoms with E-state index < -0.39 is 0 Å². The number of methoxy groups -OCH3 is 1. The first-order chi connectivity index (χ1) is 11.2. The van der Waals surface area contributed by atoms with E-state index in [2.05, 4.69) is 21.7 Å². The molecular weight excluding hydrogens is 314 g/mol. The molecule has 1 aromatic carbocycles. The van der Waals surface area contributed by atoms with Crippen LogP contribution in [-0.4, -0.2) is 52.5 Å². The van der Waals surface area contributed by atoms with E-state index in [4.69, 9.17) is 21.1 Å². The summed E-state index contributed by atoms with van der Waals surface area (Å²) in [6, 6.07) is 8.51. The number of rotatable bonds is 9. The van der Waals surface area contributed by atoms with Gasteiger partial charge in [-0.1, -0.05) is 23.7 Å². The number of hydrogen-bond donors (Lipinski definition) is 2. The smallest absolute Gasteiger partial charge is 0.191 e. The van der Waals surface area contributed by atoms with Crippen LogP contribution in [0.3, 0.4) is 0 Å². The maximum atomic E-state index is 6.05. The van der Waals surface area contributed by atoms with Gasteiger partial charge in [0.2, 0.25) is 0 Å². The van der Waals surface area contributed by atoms with Gasteiger partial charge in [-0.05, 0) is 30.5 Å². The fourth-order valence-electron chi connectivity index (χ4n) is 2.46. The Bertz CT molecular complexity index is 510. The van der Waals surface area contributed by atoms with E-state index in [0.29, 0.717) is 25.2 Å². The fourth-order valence-corrected chi connectivity index (χ4v) is 2.65. The predicted molar refractivity (Wildman–Crippen MR) is 94.4 cm³/mol. The molecule has 1 aliphatic rings. The molecule has 1 aromatic rings. The van der Waals surface area contributed by atoms with Crippen molar-refractivity contribution in [2.24, 2.45) is 4.99 Å². The number of aliphatic imine (C=N–C) groups is 1. The van der Waals surface area contributed by atoms with Crippen LogP contribution in [-0.2, 0) is 9.47 Å². The van der Waals surface area contributed by atoms with Gasteiger partial charge in [-0.25, -0.2) is 0 Å². The minimum absolute atomic E-state index is 0.428. The molecule has 2 N–H and O–H groups in total. The molecule has 128 valence electrons. The van der Waals surface area contributed by atoms with Crippen LogP contribution in [0.5, 0.6) is 0 Å². The minimum Gasteiger partial charge on any atom is -0.382 e. The molecule has 0 spiro atoms. The van der Waals surface area contributed by atoms with Gasteiger partial charge in [0.05, 0.1) is 13.2 Å². The first-order valence-electron chi connectivity index (χ1n) is 8.04. The van der Waals surface area contributed by atoms with Crippen molar-refractivity contribution in [3.63, 3.8) is 0 Å². The molecule has 5 nitrogen and oxygen atoms in total. The van der Waals surface area contributed by atoms with Crippen LogP contribution in [0.15, 0.2) is 29.3 Å². The van der Waals surface area contributed by atoms with Crippen molar-refractivity contribution >= 4 is 17.6 Å². The SMILES string of the molecule is CN=C(NCCCOCCOC)NC1CC1c1cccc(Cl)c1. The highest BCUT2D eigenvalue weighted by Crippen LogP contribution is 2.41. The quantitative estimate of drug-likeness (QED) is 0.412. The van der Waals surface area contributed by atoms with Crippen molar-refractivity contribution in [3.05, 3.63) is 34.9 Å². The van der Waals surface area contributed by atoms with E-state index in [0.717, 1.165) is 37.0 Å². The normalized spacial score (nSPS) is 20.4.